The molecular weight excluding hydrogens is 362 g/mol. The van der Waals surface area contributed by atoms with Crippen LogP contribution in [0.2, 0.25) is 0 Å². The topological polar surface area (TPSA) is 81.9 Å². The van der Waals surface area contributed by atoms with Gasteiger partial charge in [-0.05, 0) is 51.5 Å². The van der Waals surface area contributed by atoms with Crippen LogP contribution in [0.5, 0.6) is 5.75 Å². The van der Waals surface area contributed by atoms with Gasteiger partial charge in [0.25, 0.3) is 5.91 Å². The van der Waals surface area contributed by atoms with E-state index in [1.807, 2.05) is 52.0 Å². The SMILES string of the molecule is CC[C@H](C)NC(=O)c1sc(-c2nnn(-c3ccc(OC)cc3)c2C)nc1C. The molecule has 8 heteroatoms. The van der Waals surface area contributed by atoms with Crippen molar-refractivity contribution in [2.45, 2.75) is 40.2 Å². The Bertz CT molecular complexity index is 946. The highest BCUT2D eigenvalue weighted by Crippen LogP contribution is 2.29. The van der Waals surface area contributed by atoms with E-state index in [0.717, 1.165) is 23.6 Å². The summed E-state index contributed by atoms with van der Waals surface area (Å²) in [6.07, 6.45) is 0.881. The minimum Gasteiger partial charge on any atom is -0.497 e. The van der Waals surface area contributed by atoms with Crippen LogP contribution in [0.3, 0.4) is 0 Å². The summed E-state index contributed by atoms with van der Waals surface area (Å²) in [6.45, 7) is 7.81. The lowest BCUT2D eigenvalue weighted by atomic mass is 10.2. The monoisotopic (exact) mass is 385 g/mol. The molecule has 3 aromatic rings. The third-order valence-electron chi connectivity index (χ3n) is 4.41. The second kappa shape index (κ2) is 7.87. The number of hydrogen-bond acceptors (Lipinski definition) is 6. The number of carbonyl (C=O) groups is 1. The van der Waals surface area contributed by atoms with E-state index < -0.39 is 0 Å². The third-order valence-corrected chi connectivity index (χ3v) is 5.57. The minimum atomic E-state index is -0.0919. The van der Waals surface area contributed by atoms with Gasteiger partial charge >= 0.3 is 0 Å². The molecule has 0 aliphatic heterocycles. The standard InChI is InChI=1S/C19H23N5O2S/c1-6-11(2)20-18(25)17-12(3)21-19(27-17)16-13(4)24(23-22-16)14-7-9-15(26-5)10-8-14/h7-11H,6H2,1-5H3,(H,20,25)/t11-/m0/s1. The van der Waals surface area contributed by atoms with Gasteiger partial charge in [0.2, 0.25) is 0 Å². The number of ether oxygens (including phenoxy) is 1. The second-order valence-corrected chi connectivity index (χ2v) is 7.35. The molecule has 0 radical (unpaired) electrons. The molecule has 1 aromatic carbocycles. The molecule has 0 aliphatic rings. The van der Waals surface area contributed by atoms with Gasteiger partial charge in [-0.25, -0.2) is 9.67 Å². The fraction of sp³-hybridized carbons (Fsp3) is 0.368. The molecule has 2 aromatic heterocycles. The highest BCUT2D eigenvalue weighted by Gasteiger charge is 2.21. The average molecular weight is 385 g/mol. The number of aryl methyl sites for hydroxylation is 1. The Labute approximate surface area is 162 Å². The van der Waals surface area contributed by atoms with Crippen LogP contribution in [-0.2, 0) is 0 Å². The lowest BCUT2D eigenvalue weighted by Crippen LogP contribution is -2.31. The Hall–Kier alpha value is -2.74. The molecule has 0 aliphatic carbocycles. The molecule has 0 saturated heterocycles. The van der Waals surface area contributed by atoms with Crippen molar-refractivity contribution < 1.29 is 9.53 Å². The van der Waals surface area contributed by atoms with Gasteiger partial charge < -0.3 is 10.1 Å². The number of nitrogens with zero attached hydrogens (tertiary/aromatic N) is 4. The number of benzene rings is 1. The van der Waals surface area contributed by atoms with E-state index in [0.29, 0.717) is 21.3 Å². The normalized spacial score (nSPS) is 12.0. The Morgan fingerprint density at radius 2 is 2.00 bits per heavy atom. The van der Waals surface area contributed by atoms with Crippen LogP contribution < -0.4 is 10.1 Å². The summed E-state index contributed by atoms with van der Waals surface area (Å²) >= 11 is 1.34. The van der Waals surface area contributed by atoms with Crippen molar-refractivity contribution >= 4 is 17.2 Å². The van der Waals surface area contributed by atoms with E-state index in [2.05, 4.69) is 20.6 Å². The molecule has 0 fully saturated rings. The maximum atomic E-state index is 12.5. The number of thiazole rings is 1. The molecular formula is C19H23N5O2S. The molecule has 27 heavy (non-hydrogen) atoms. The molecule has 0 bridgehead atoms. The summed E-state index contributed by atoms with van der Waals surface area (Å²) in [5.41, 5.74) is 3.13. The predicted molar refractivity (Wildman–Crippen MR) is 106 cm³/mol. The largest absolute Gasteiger partial charge is 0.497 e. The number of carbonyl (C=O) groups excluding carboxylic acids is 1. The van der Waals surface area contributed by atoms with Gasteiger partial charge in [0, 0.05) is 6.04 Å². The summed E-state index contributed by atoms with van der Waals surface area (Å²) in [5.74, 6) is 0.690. The number of amides is 1. The molecule has 2 heterocycles. The van der Waals surface area contributed by atoms with Crippen molar-refractivity contribution in [2.75, 3.05) is 7.11 Å². The van der Waals surface area contributed by atoms with Crippen LogP contribution in [0.25, 0.3) is 16.4 Å². The van der Waals surface area contributed by atoms with Crippen LogP contribution >= 0.6 is 11.3 Å². The van der Waals surface area contributed by atoms with E-state index in [1.165, 1.54) is 11.3 Å². The zero-order valence-electron chi connectivity index (χ0n) is 16.1. The van der Waals surface area contributed by atoms with Gasteiger partial charge in [-0.3, -0.25) is 4.79 Å². The fourth-order valence-corrected chi connectivity index (χ4v) is 3.60. The Balaban J connectivity index is 1.90. The van der Waals surface area contributed by atoms with Crippen LogP contribution in [0, 0.1) is 13.8 Å². The maximum absolute atomic E-state index is 12.5. The minimum absolute atomic E-state index is 0.0919. The Morgan fingerprint density at radius 3 is 2.63 bits per heavy atom. The Morgan fingerprint density at radius 1 is 1.30 bits per heavy atom. The maximum Gasteiger partial charge on any atom is 0.263 e. The first kappa shape index (κ1) is 19.0. The molecule has 0 unspecified atom stereocenters. The number of nitrogens with one attached hydrogen (secondary N) is 1. The summed E-state index contributed by atoms with van der Waals surface area (Å²) < 4.78 is 6.95. The van der Waals surface area contributed by atoms with Gasteiger partial charge in [0.15, 0.2) is 0 Å². The third kappa shape index (κ3) is 3.85. The summed E-state index contributed by atoms with van der Waals surface area (Å²) in [6, 6.07) is 7.72. The highest BCUT2D eigenvalue weighted by molar-refractivity contribution is 7.17. The van der Waals surface area contributed by atoms with E-state index in [4.69, 9.17) is 4.74 Å². The van der Waals surface area contributed by atoms with Crippen molar-refractivity contribution in [3.8, 4) is 22.1 Å². The molecule has 142 valence electrons. The fourth-order valence-electron chi connectivity index (χ4n) is 2.60. The second-order valence-electron chi connectivity index (χ2n) is 6.35. The number of rotatable bonds is 6. The average Bonchev–Trinajstić information content (AvgIpc) is 3.24. The van der Waals surface area contributed by atoms with Gasteiger partial charge in [-0.15, -0.1) is 16.4 Å². The van der Waals surface area contributed by atoms with Crippen LogP contribution in [0.15, 0.2) is 24.3 Å². The molecule has 0 spiro atoms. The number of methoxy groups -OCH3 is 1. The molecule has 1 atom stereocenters. The summed E-state index contributed by atoms with van der Waals surface area (Å²) in [5, 5.41) is 12.2. The van der Waals surface area contributed by atoms with Gasteiger partial charge in [0.1, 0.15) is 21.3 Å². The first-order valence-electron chi connectivity index (χ1n) is 8.80. The van der Waals surface area contributed by atoms with E-state index >= 15 is 0 Å². The number of hydrogen-bond donors (Lipinski definition) is 1. The lowest BCUT2D eigenvalue weighted by Gasteiger charge is -2.09. The lowest BCUT2D eigenvalue weighted by molar-refractivity contribution is 0.0942. The van der Waals surface area contributed by atoms with E-state index in [-0.39, 0.29) is 11.9 Å². The first-order chi connectivity index (χ1) is 12.9. The van der Waals surface area contributed by atoms with Crippen LogP contribution in [0.4, 0.5) is 0 Å². The van der Waals surface area contributed by atoms with Gasteiger partial charge in [0.05, 0.1) is 24.2 Å². The zero-order chi connectivity index (χ0) is 19.6. The van der Waals surface area contributed by atoms with Crippen molar-refractivity contribution in [1.82, 2.24) is 25.3 Å². The highest BCUT2D eigenvalue weighted by atomic mass is 32.1. The summed E-state index contributed by atoms with van der Waals surface area (Å²) in [7, 11) is 1.63. The van der Waals surface area contributed by atoms with Crippen LogP contribution in [-0.4, -0.2) is 39.0 Å². The van der Waals surface area contributed by atoms with Crippen molar-refractivity contribution in [2.24, 2.45) is 0 Å². The molecule has 1 N–H and O–H groups in total. The van der Waals surface area contributed by atoms with Crippen molar-refractivity contribution in [3.63, 3.8) is 0 Å². The van der Waals surface area contributed by atoms with Gasteiger partial charge in [-0.1, -0.05) is 12.1 Å². The molecule has 1 amide bonds. The van der Waals surface area contributed by atoms with E-state index in [1.54, 1.807) is 11.8 Å². The van der Waals surface area contributed by atoms with E-state index in [9.17, 15) is 4.79 Å². The molecule has 0 saturated carbocycles. The van der Waals surface area contributed by atoms with Gasteiger partial charge in [-0.2, -0.15) is 0 Å². The van der Waals surface area contributed by atoms with Crippen LogP contribution in [0.1, 0.15) is 41.3 Å². The summed E-state index contributed by atoms with van der Waals surface area (Å²) in [4.78, 5) is 17.6. The number of aromatic nitrogens is 4. The first-order valence-corrected chi connectivity index (χ1v) is 9.61. The predicted octanol–water partition coefficient (Wildman–Crippen LogP) is 3.54. The van der Waals surface area contributed by atoms with Crippen molar-refractivity contribution in [1.29, 1.82) is 0 Å². The smallest absolute Gasteiger partial charge is 0.263 e. The zero-order valence-corrected chi connectivity index (χ0v) is 16.9. The quantitative estimate of drug-likeness (QED) is 0.702. The Kier molecular flexibility index (Phi) is 5.55. The van der Waals surface area contributed by atoms with Crippen molar-refractivity contribution in [3.05, 3.63) is 40.5 Å². The molecule has 3 rings (SSSR count). The molecule has 7 nitrogen and oxygen atoms in total.